The molecule has 2 rings (SSSR count). The molecule has 1 heterocycles. The van der Waals surface area contributed by atoms with Crippen molar-refractivity contribution in [3.05, 3.63) is 47.0 Å². The van der Waals surface area contributed by atoms with Crippen LogP contribution in [-0.2, 0) is 9.59 Å². The van der Waals surface area contributed by atoms with E-state index in [9.17, 15) is 19.6 Å². The highest BCUT2D eigenvalue weighted by Crippen LogP contribution is 2.27. The molecule has 3 amide bonds. The minimum Gasteiger partial charge on any atom is -0.272 e. The minimum absolute atomic E-state index is 0.0224. The van der Waals surface area contributed by atoms with Crippen molar-refractivity contribution in [2.75, 3.05) is 7.05 Å². The van der Waals surface area contributed by atoms with E-state index in [2.05, 4.69) is 0 Å². The average Bonchev–Trinajstić information content (AvgIpc) is 2.61. The normalized spacial score (nSPS) is 15.8. The van der Waals surface area contributed by atoms with Gasteiger partial charge in [-0.1, -0.05) is 38.5 Å². The highest BCUT2D eigenvalue weighted by molar-refractivity contribution is 6.12. The lowest BCUT2D eigenvalue weighted by Crippen LogP contribution is -2.53. The van der Waals surface area contributed by atoms with Crippen LogP contribution in [0.5, 0.6) is 0 Å². The van der Waals surface area contributed by atoms with E-state index in [1.165, 1.54) is 7.05 Å². The molecule has 1 aliphatic heterocycles. The molecule has 0 saturated carbocycles. The Morgan fingerprint density at radius 1 is 1.32 bits per heavy atom. The van der Waals surface area contributed by atoms with Gasteiger partial charge in [-0.2, -0.15) is 10.3 Å². The summed E-state index contributed by atoms with van der Waals surface area (Å²) in [7, 11) is 1.36. The summed E-state index contributed by atoms with van der Waals surface area (Å²) in [6, 6.07) is 10.3. The van der Waals surface area contributed by atoms with E-state index >= 15 is 0 Å². The van der Waals surface area contributed by atoms with E-state index in [0.717, 1.165) is 16.4 Å². The van der Waals surface area contributed by atoms with Crippen molar-refractivity contribution in [1.82, 2.24) is 10.0 Å². The second kappa shape index (κ2) is 7.75. The van der Waals surface area contributed by atoms with Gasteiger partial charge in [0.15, 0.2) is 0 Å². The first kappa shape index (κ1) is 18.4. The highest BCUT2D eigenvalue weighted by Gasteiger charge is 2.38. The molecule has 0 bridgehead atoms. The zero-order chi connectivity index (χ0) is 18.6. The number of carbonyl (C=O) groups is 3. The molecule has 0 aliphatic carbocycles. The molecule has 6 nitrogen and oxygen atoms in total. The third-order valence-corrected chi connectivity index (χ3v) is 4.38. The van der Waals surface area contributed by atoms with Gasteiger partial charge in [-0.25, -0.2) is 5.01 Å². The predicted molar refractivity (Wildman–Crippen MR) is 91.7 cm³/mol. The van der Waals surface area contributed by atoms with Crippen LogP contribution in [0.2, 0.25) is 0 Å². The summed E-state index contributed by atoms with van der Waals surface area (Å²) in [4.78, 5) is 37.7. The number of rotatable bonds is 5. The fourth-order valence-corrected chi connectivity index (χ4v) is 2.74. The second-order valence-corrected chi connectivity index (χ2v) is 6.19. The summed E-state index contributed by atoms with van der Waals surface area (Å²) in [6.45, 7) is 4.02. The third kappa shape index (κ3) is 3.77. The summed E-state index contributed by atoms with van der Waals surface area (Å²) >= 11 is 0. The van der Waals surface area contributed by atoms with Crippen LogP contribution < -0.4 is 0 Å². The van der Waals surface area contributed by atoms with E-state index in [4.69, 9.17) is 0 Å². The Bertz CT molecular complexity index is 762. The standard InChI is InChI=1S/C19H21N3O3/c1-4-13(2)10-15-11-17(23)22(19(25)16(15)12-20)21(3)18(24)14-8-6-5-7-9-14/h5-9,13H,4,10-11H2,1-3H3. The van der Waals surface area contributed by atoms with Crippen LogP contribution in [0.4, 0.5) is 0 Å². The molecule has 130 valence electrons. The summed E-state index contributed by atoms with van der Waals surface area (Å²) in [5, 5.41) is 11.1. The Morgan fingerprint density at radius 2 is 1.96 bits per heavy atom. The molecule has 1 aromatic rings. The Kier molecular flexibility index (Phi) is 5.71. The van der Waals surface area contributed by atoms with E-state index in [1.807, 2.05) is 19.9 Å². The first-order valence-electron chi connectivity index (χ1n) is 8.23. The molecule has 0 radical (unpaired) electrons. The maximum atomic E-state index is 12.7. The number of imide groups is 1. The fourth-order valence-electron chi connectivity index (χ4n) is 2.74. The highest BCUT2D eigenvalue weighted by atomic mass is 16.2. The van der Waals surface area contributed by atoms with Crippen molar-refractivity contribution in [2.45, 2.75) is 33.1 Å². The van der Waals surface area contributed by atoms with Crippen LogP contribution >= 0.6 is 0 Å². The van der Waals surface area contributed by atoms with Crippen LogP contribution in [0.25, 0.3) is 0 Å². The maximum Gasteiger partial charge on any atom is 0.290 e. The number of hydrogen-bond donors (Lipinski definition) is 0. The predicted octanol–water partition coefficient (Wildman–Crippen LogP) is 2.69. The van der Waals surface area contributed by atoms with Gasteiger partial charge in [-0.3, -0.25) is 14.4 Å². The first-order chi connectivity index (χ1) is 11.9. The number of benzene rings is 1. The Hall–Kier alpha value is -2.94. The molecule has 1 aliphatic rings. The first-order valence-corrected chi connectivity index (χ1v) is 8.23. The van der Waals surface area contributed by atoms with Crippen molar-refractivity contribution >= 4 is 17.7 Å². The van der Waals surface area contributed by atoms with Gasteiger partial charge >= 0.3 is 0 Å². The van der Waals surface area contributed by atoms with Crippen LogP contribution in [0, 0.1) is 17.2 Å². The third-order valence-electron chi connectivity index (χ3n) is 4.38. The van der Waals surface area contributed by atoms with Crippen molar-refractivity contribution < 1.29 is 14.4 Å². The lowest BCUT2D eigenvalue weighted by molar-refractivity contribution is -0.156. The summed E-state index contributed by atoms with van der Waals surface area (Å²) in [5.74, 6) is -1.43. The van der Waals surface area contributed by atoms with Gasteiger partial charge < -0.3 is 0 Å². The molecular formula is C19H21N3O3. The van der Waals surface area contributed by atoms with Gasteiger partial charge in [0.2, 0.25) is 0 Å². The van der Waals surface area contributed by atoms with Gasteiger partial charge in [0.25, 0.3) is 17.7 Å². The molecule has 1 unspecified atom stereocenters. The number of nitriles is 1. The Balaban J connectivity index is 2.31. The van der Waals surface area contributed by atoms with Gasteiger partial charge in [0.05, 0.1) is 6.42 Å². The van der Waals surface area contributed by atoms with Crippen LogP contribution in [0.3, 0.4) is 0 Å². The molecule has 0 N–H and O–H groups in total. The van der Waals surface area contributed by atoms with E-state index in [0.29, 0.717) is 17.6 Å². The quantitative estimate of drug-likeness (QED) is 0.772. The molecule has 0 fully saturated rings. The van der Waals surface area contributed by atoms with Gasteiger partial charge in [0, 0.05) is 12.6 Å². The fraction of sp³-hybridized carbons (Fsp3) is 0.368. The zero-order valence-corrected chi connectivity index (χ0v) is 14.7. The number of hydrazine groups is 1. The van der Waals surface area contributed by atoms with Gasteiger partial charge in [-0.15, -0.1) is 0 Å². The largest absolute Gasteiger partial charge is 0.290 e. The van der Waals surface area contributed by atoms with E-state index in [-0.39, 0.29) is 17.9 Å². The molecule has 1 aromatic carbocycles. The molecule has 0 spiro atoms. The average molecular weight is 339 g/mol. The minimum atomic E-state index is -0.733. The number of amides is 3. The Morgan fingerprint density at radius 3 is 2.52 bits per heavy atom. The van der Waals surface area contributed by atoms with Crippen molar-refractivity contribution in [3.63, 3.8) is 0 Å². The summed E-state index contributed by atoms with van der Waals surface area (Å²) in [6.07, 6.45) is 1.40. The van der Waals surface area contributed by atoms with Gasteiger partial charge in [0.1, 0.15) is 11.6 Å². The molecule has 6 heteroatoms. The van der Waals surface area contributed by atoms with Crippen molar-refractivity contribution in [3.8, 4) is 6.07 Å². The van der Waals surface area contributed by atoms with Crippen LogP contribution in [-0.4, -0.2) is 34.8 Å². The van der Waals surface area contributed by atoms with Crippen LogP contribution in [0.15, 0.2) is 41.5 Å². The van der Waals surface area contributed by atoms with E-state index < -0.39 is 17.7 Å². The molecule has 1 atom stereocenters. The maximum absolute atomic E-state index is 12.7. The molecule has 0 aromatic heterocycles. The van der Waals surface area contributed by atoms with Gasteiger partial charge in [-0.05, 0) is 30.0 Å². The molecular weight excluding hydrogens is 318 g/mol. The lowest BCUT2D eigenvalue weighted by atomic mass is 9.90. The summed E-state index contributed by atoms with van der Waals surface area (Å²) < 4.78 is 0. The molecule has 0 saturated heterocycles. The molecule has 25 heavy (non-hydrogen) atoms. The number of hydrogen-bond acceptors (Lipinski definition) is 4. The second-order valence-electron chi connectivity index (χ2n) is 6.19. The zero-order valence-electron chi connectivity index (χ0n) is 14.7. The number of carbonyl (C=O) groups excluding carboxylic acids is 3. The van der Waals surface area contributed by atoms with Crippen LogP contribution in [0.1, 0.15) is 43.5 Å². The van der Waals surface area contributed by atoms with Crippen molar-refractivity contribution in [1.29, 1.82) is 5.26 Å². The monoisotopic (exact) mass is 339 g/mol. The van der Waals surface area contributed by atoms with E-state index in [1.54, 1.807) is 30.3 Å². The Labute approximate surface area is 147 Å². The SMILES string of the molecule is CCC(C)CC1=C(C#N)C(=O)N(N(C)C(=O)c2ccccc2)C(=O)C1. The number of nitrogens with zero attached hydrogens (tertiary/aromatic N) is 3. The summed E-state index contributed by atoms with van der Waals surface area (Å²) in [5.41, 5.74) is 0.884. The smallest absolute Gasteiger partial charge is 0.272 e. The lowest BCUT2D eigenvalue weighted by Gasteiger charge is -2.33. The topological polar surface area (TPSA) is 81.5 Å². The van der Waals surface area contributed by atoms with Crippen molar-refractivity contribution in [2.24, 2.45) is 5.92 Å².